The molecule has 0 aromatic heterocycles. The fourth-order valence-electron chi connectivity index (χ4n) is 2.33. The quantitative estimate of drug-likeness (QED) is 0.584. The Morgan fingerprint density at radius 1 is 1.29 bits per heavy atom. The zero-order valence-electron chi connectivity index (χ0n) is 12.3. The molecule has 0 N–H and O–H groups in total. The second-order valence-corrected chi connectivity index (χ2v) is 5.00. The zero-order chi connectivity index (χ0) is 15.1. The van der Waals surface area contributed by atoms with Gasteiger partial charge in [-0.25, -0.2) is 4.79 Å². The van der Waals surface area contributed by atoms with E-state index < -0.39 is 6.16 Å². The predicted molar refractivity (Wildman–Crippen MR) is 83.6 cm³/mol. The van der Waals surface area contributed by atoms with Crippen molar-refractivity contribution in [1.82, 2.24) is 0 Å². The van der Waals surface area contributed by atoms with Crippen molar-refractivity contribution in [2.45, 2.75) is 26.2 Å². The Morgan fingerprint density at radius 3 is 2.76 bits per heavy atom. The summed E-state index contributed by atoms with van der Waals surface area (Å²) in [6, 6.07) is 10.0. The van der Waals surface area contributed by atoms with E-state index >= 15 is 0 Å². The van der Waals surface area contributed by atoms with Gasteiger partial charge >= 0.3 is 6.16 Å². The maximum absolute atomic E-state index is 11.7. The van der Waals surface area contributed by atoms with Gasteiger partial charge in [0.1, 0.15) is 12.4 Å². The summed E-state index contributed by atoms with van der Waals surface area (Å²) in [5, 5.41) is 0. The van der Waals surface area contributed by atoms with Gasteiger partial charge in [0.05, 0.1) is 0 Å². The molecule has 1 aromatic carbocycles. The van der Waals surface area contributed by atoms with Crippen LogP contribution in [0.4, 0.5) is 4.79 Å². The van der Waals surface area contributed by atoms with Gasteiger partial charge in [0.25, 0.3) is 0 Å². The van der Waals surface area contributed by atoms with Crippen LogP contribution < -0.4 is 0 Å². The van der Waals surface area contributed by atoms with Crippen molar-refractivity contribution in [3.63, 3.8) is 0 Å². The Morgan fingerprint density at radius 2 is 2.05 bits per heavy atom. The number of carbonyl (C=O) groups excluding carboxylic acids is 1. The van der Waals surface area contributed by atoms with Crippen molar-refractivity contribution in [3.05, 3.63) is 65.5 Å². The van der Waals surface area contributed by atoms with E-state index in [-0.39, 0.29) is 6.61 Å². The Balaban J connectivity index is 2.19. The Kier molecular flexibility index (Phi) is 5.38. The molecule has 0 aliphatic heterocycles. The molecule has 0 unspecified atom stereocenters. The molecular formula is C18H20O3. The number of hydrogen-bond acceptors (Lipinski definition) is 3. The second-order valence-electron chi connectivity index (χ2n) is 5.00. The molecule has 21 heavy (non-hydrogen) atoms. The summed E-state index contributed by atoms with van der Waals surface area (Å²) in [4.78, 5) is 11.7. The van der Waals surface area contributed by atoms with E-state index in [2.05, 4.69) is 12.7 Å². The van der Waals surface area contributed by atoms with Crippen molar-refractivity contribution in [2.75, 3.05) is 6.61 Å². The average Bonchev–Trinajstić information content (AvgIpc) is 2.50. The molecule has 0 heterocycles. The minimum absolute atomic E-state index is 0.156. The van der Waals surface area contributed by atoms with Gasteiger partial charge in [-0.2, -0.15) is 0 Å². The number of allylic oxidation sites excluding steroid dienone is 2. The van der Waals surface area contributed by atoms with Crippen LogP contribution >= 0.6 is 0 Å². The third kappa shape index (κ3) is 4.35. The van der Waals surface area contributed by atoms with E-state index in [4.69, 9.17) is 9.47 Å². The number of carbonyl (C=O) groups is 1. The molecular weight excluding hydrogens is 264 g/mol. The lowest BCUT2D eigenvalue weighted by Crippen LogP contribution is -2.12. The maximum atomic E-state index is 11.7. The molecule has 0 radical (unpaired) electrons. The molecule has 0 atom stereocenters. The lowest BCUT2D eigenvalue weighted by molar-refractivity contribution is 0.0864. The van der Waals surface area contributed by atoms with Crippen molar-refractivity contribution < 1.29 is 14.3 Å². The summed E-state index contributed by atoms with van der Waals surface area (Å²) in [5.74, 6) is 0.652. The molecule has 0 saturated heterocycles. The van der Waals surface area contributed by atoms with Crippen LogP contribution in [0.1, 0.15) is 31.7 Å². The molecule has 1 aliphatic carbocycles. The van der Waals surface area contributed by atoms with Gasteiger partial charge in [-0.1, -0.05) is 43.0 Å². The van der Waals surface area contributed by atoms with Crippen LogP contribution in [0.25, 0.3) is 6.08 Å². The first-order chi connectivity index (χ1) is 10.2. The molecule has 0 saturated carbocycles. The van der Waals surface area contributed by atoms with E-state index in [1.54, 1.807) is 0 Å². The third-order valence-electron chi connectivity index (χ3n) is 3.32. The normalized spacial score (nSPS) is 16.7. The summed E-state index contributed by atoms with van der Waals surface area (Å²) >= 11 is 0. The summed E-state index contributed by atoms with van der Waals surface area (Å²) < 4.78 is 10.3. The van der Waals surface area contributed by atoms with Crippen molar-refractivity contribution in [1.29, 1.82) is 0 Å². The first kappa shape index (κ1) is 15.1. The van der Waals surface area contributed by atoms with Gasteiger partial charge in [-0.05, 0) is 49.0 Å². The molecule has 3 nitrogen and oxygen atoms in total. The minimum atomic E-state index is -0.676. The van der Waals surface area contributed by atoms with Crippen molar-refractivity contribution >= 4 is 12.2 Å². The number of benzene rings is 1. The van der Waals surface area contributed by atoms with E-state index in [0.717, 1.165) is 36.0 Å². The highest BCUT2D eigenvalue weighted by Gasteiger charge is 2.19. The summed E-state index contributed by atoms with van der Waals surface area (Å²) in [7, 11) is 0. The Labute approximate surface area is 125 Å². The average molecular weight is 284 g/mol. The highest BCUT2D eigenvalue weighted by Crippen LogP contribution is 2.32. The lowest BCUT2D eigenvalue weighted by atomic mass is 9.92. The molecule has 0 amide bonds. The molecule has 0 fully saturated rings. The van der Waals surface area contributed by atoms with Crippen LogP contribution in [0, 0.1) is 0 Å². The van der Waals surface area contributed by atoms with Gasteiger partial charge in [0, 0.05) is 0 Å². The van der Waals surface area contributed by atoms with Crippen molar-refractivity contribution in [2.24, 2.45) is 0 Å². The van der Waals surface area contributed by atoms with Crippen LogP contribution in [0.2, 0.25) is 0 Å². The molecule has 1 aromatic rings. The smallest absolute Gasteiger partial charge is 0.430 e. The highest BCUT2D eigenvalue weighted by molar-refractivity contribution is 5.66. The zero-order valence-corrected chi connectivity index (χ0v) is 12.3. The van der Waals surface area contributed by atoms with E-state index in [0.29, 0.717) is 5.76 Å². The maximum Gasteiger partial charge on any atom is 0.514 e. The Hall–Kier alpha value is -2.29. The summed E-state index contributed by atoms with van der Waals surface area (Å²) in [5.41, 5.74) is 3.22. The van der Waals surface area contributed by atoms with Gasteiger partial charge in [-0.3, -0.25) is 0 Å². The monoisotopic (exact) mass is 284 g/mol. The number of hydrogen-bond donors (Lipinski definition) is 0. The van der Waals surface area contributed by atoms with Crippen LogP contribution in [0.15, 0.2) is 59.9 Å². The topological polar surface area (TPSA) is 35.5 Å². The highest BCUT2D eigenvalue weighted by atomic mass is 16.7. The molecule has 110 valence electrons. The molecule has 0 spiro atoms. The van der Waals surface area contributed by atoms with E-state index in [9.17, 15) is 4.79 Å². The molecule has 2 rings (SSSR count). The fraction of sp³-hybridized carbons (Fsp3) is 0.278. The molecule has 3 heteroatoms. The fourth-order valence-corrected chi connectivity index (χ4v) is 2.33. The van der Waals surface area contributed by atoms with Crippen LogP contribution in [-0.4, -0.2) is 12.8 Å². The summed E-state index contributed by atoms with van der Waals surface area (Å²) in [6.45, 7) is 5.66. The van der Waals surface area contributed by atoms with Crippen LogP contribution in [-0.2, 0) is 9.47 Å². The largest absolute Gasteiger partial charge is 0.514 e. The molecule has 1 aliphatic rings. The number of rotatable bonds is 4. The van der Waals surface area contributed by atoms with Crippen LogP contribution in [0.3, 0.4) is 0 Å². The molecule has 0 bridgehead atoms. The lowest BCUT2D eigenvalue weighted by Gasteiger charge is -2.20. The van der Waals surface area contributed by atoms with Gasteiger partial charge in [-0.15, -0.1) is 0 Å². The van der Waals surface area contributed by atoms with Gasteiger partial charge in [0.2, 0.25) is 0 Å². The first-order valence-corrected chi connectivity index (χ1v) is 7.12. The SMILES string of the molecule is C=CCOC(=O)OC1=C(C)CCC/C1=C\c1ccccc1. The van der Waals surface area contributed by atoms with E-state index in [1.165, 1.54) is 6.08 Å². The second kappa shape index (κ2) is 7.48. The number of ether oxygens (including phenoxy) is 2. The van der Waals surface area contributed by atoms with Crippen LogP contribution in [0.5, 0.6) is 0 Å². The van der Waals surface area contributed by atoms with Gasteiger partial charge < -0.3 is 9.47 Å². The summed E-state index contributed by atoms with van der Waals surface area (Å²) in [6.07, 6.45) is 5.82. The van der Waals surface area contributed by atoms with E-state index in [1.807, 2.05) is 37.3 Å². The predicted octanol–water partition coefficient (Wildman–Crippen LogP) is 4.87. The standard InChI is InChI=1S/C18H20O3/c1-3-12-20-18(19)21-17-14(2)8-7-11-16(17)13-15-9-5-4-6-10-15/h3-6,9-10,13H,1,7-8,11-12H2,2H3/b16-13+. The third-order valence-corrected chi connectivity index (χ3v) is 3.32. The van der Waals surface area contributed by atoms with Crippen molar-refractivity contribution in [3.8, 4) is 0 Å². The minimum Gasteiger partial charge on any atom is -0.430 e. The van der Waals surface area contributed by atoms with Gasteiger partial charge in [0.15, 0.2) is 0 Å². The first-order valence-electron chi connectivity index (χ1n) is 7.12. The Bertz CT molecular complexity index is 567.